The van der Waals surface area contributed by atoms with Crippen LogP contribution in [0.2, 0.25) is 0 Å². The smallest absolute Gasteiger partial charge is 0.0825 e. The Kier molecular flexibility index (Phi) is 3.22. The Bertz CT molecular complexity index is 493. The van der Waals surface area contributed by atoms with Crippen LogP contribution in [0, 0.1) is 6.92 Å². The number of aromatic nitrogens is 3. The summed E-state index contributed by atoms with van der Waals surface area (Å²) >= 11 is 0. The van der Waals surface area contributed by atoms with Gasteiger partial charge in [0.1, 0.15) is 0 Å². The lowest BCUT2D eigenvalue weighted by atomic mass is 10.3. The largest absolute Gasteiger partial charge is 0.377 e. The molecule has 0 saturated carbocycles. The molecule has 2 aromatic rings. The molecule has 0 aromatic carbocycles. The van der Waals surface area contributed by atoms with E-state index in [0.29, 0.717) is 6.04 Å². The van der Waals surface area contributed by atoms with Gasteiger partial charge < -0.3 is 9.88 Å². The van der Waals surface area contributed by atoms with Gasteiger partial charge in [-0.3, -0.25) is 4.68 Å². The van der Waals surface area contributed by atoms with E-state index in [2.05, 4.69) is 60.4 Å². The Labute approximate surface area is 102 Å². The summed E-state index contributed by atoms with van der Waals surface area (Å²) in [6.07, 6.45) is 4.13. The molecule has 0 saturated heterocycles. The quantitative estimate of drug-likeness (QED) is 0.879. The van der Waals surface area contributed by atoms with Crippen LogP contribution < -0.4 is 5.32 Å². The van der Waals surface area contributed by atoms with E-state index in [9.17, 15) is 0 Å². The molecule has 0 spiro atoms. The van der Waals surface area contributed by atoms with E-state index in [4.69, 9.17) is 0 Å². The molecular formula is C13H20N4. The van der Waals surface area contributed by atoms with Crippen molar-refractivity contribution in [2.75, 3.05) is 5.32 Å². The van der Waals surface area contributed by atoms with Gasteiger partial charge in [-0.1, -0.05) is 0 Å². The maximum atomic E-state index is 4.48. The van der Waals surface area contributed by atoms with Gasteiger partial charge in [0.2, 0.25) is 0 Å². The fourth-order valence-corrected chi connectivity index (χ4v) is 1.79. The zero-order valence-electron chi connectivity index (χ0n) is 10.9. The summed E-state index contributed by atoms with van der Waals surface area (Å²) in [5, 5.41) is 7.91. The van der Waals surface area contributed by atoms with Gasteiger partial charge in [0, 0.05) is 31.2 Å². The lowest BCUT2D eigenvalue weighted by Gasteiger charge is -2.06. The van der Waals surface area contributed by atoms with E-state index in [-0.39, 0.29) is 0 Å². The van der Waals surface area contributed by atoms with Gasteiger partial charge in [0.15, 0.2) is 0 Å². The third-order valence-electron chi connectivity index (χ3n) is 2.96. The van der Waals surface area contributed by atoms with Gasteiger partial charge in [-0.05, 0) is 32.9 Å². The van der Waals surface area contributed by atoms with E-state index in [1.807, 2.05) is 11.6 Å². The van der Waals surface area contributed by atoms with E-state index in [1.165, 1.54) is 5.69 Å². The number of aryl methyl sites for hydroxylation is 2. The average molecular weight is 232 g/mol. The van der Waals surface area contributed by atoms with Gasteiger partial charge in [-0.15, -0.1) is 0 Å². The molecule has 4 heteroatoms. The first-order chi connectivity index (χ1) is 8.08. The molecule has 0 aliphatic carbocycles. The summed E-state index contributed by atoms with van der Waals surface area (Å²) in [7, 11) is 2.06. The Balaban J connectivity index is 2.06. The molecule has 0 atom stereocenters. The van der Waals surface area contributed by atoms with Crippen molar-refractivity contribution in [3.63, 3.8) is 0 Å². The van der Waals surface area contributed by atoms with Crippen LogP contribution in [0.1, 0.15) is 31.3 Å². The molecule has 0 aliphatic heterocycles. The van der Waals surface area contributed by atoms with Gasteiger partial charge in [-0.25, -0.2) is 0 Å². The van der Waals surface area contributed by atoms with Crippen molar-refractivity contribution in [1.29, 1.82) is 0 Å². The number of anilines is 1. The molecule has 0 unspecified atom stereocenters. The normalized spacial score (nSPS) is 11.1. The highest BCUT2D eigenvalue weighted by Crippen LogP contribution is 2.16. The van der Waals surface area contributed by atoms with Crippen LogP contribution in [0.3, 0.4) is 0 Å². The second-order valence-corrected chi connectivity index (χ2v) is 4.67. The summed E-state index contributed by atoms with van der Waals surface area (Å²) in [6.45, 7) is 7.13. The molecule has 2 aromatic heterocycles. The number of nitrogens with zero attached hydrogens (tertiary/aromatic N) is 3. The number of nitrogens with one attached hydrogen (secondary N) is 1. The van der Waals surface area contributed by atoms with E-state index >= 15 is 0 Å². The molecule has 17 heavy (non-hydrogen) atoms. The molecule has 0 amide bonds. The summed E-state index contributed by atoms with van der Waals surface area (Å²) in [5.41, 5.74) is 3.43. The highest BCUT2D eigenvalue weighted by Gasteiger charge is 2.07. The predicted octanol–water partition coefficient (Wildman–Crippen LogP) is 2.72. The lowest BCUT2D eigenvalue weighted by molar-refractivity contribution is 0.529. The molecule has 0 fully saturated rings. The van der Waals surface area contributed by atoms with Gasteiger partial charge in [0.25, 0.3) is 0 Å². The fraction of sp³-hybridized carbons (Fsp3) is 0.462. The maximum absolute atomic E-state index is 4.48. The van der Waals surface area contributed by atoms with E-state index in [0.717, 1.165) is 17.9 Å². The zero-order chi connectivity index (χ0) is 12.4. The molecule has 1 N–H and O–H groups in total. The lowest BCUT2D eigenvalue weighted by Crippen LogP contribution is -2.04. The van der Waals surface area contributed by atoms with Crippen LogP contribution in [0.15, 0.2) is 24.5 Å². The Morgan fingerprint density at radius 3 is 2.71 bits per heavy atom. The standard InChI is InChI=1S/C13H20N4/c1-10(2)17-9-13(11(3)15-17)14-8-12-6-5-7-16(12)4/h5-7,9-10,14H,8H2,1-4H3. The average Bonchev–Trinajstić information content (AvgIpc) is 2.82. The SMILES string of the molecule is Cc1nn(C(C)C)cc1NCc1cccn1C. The van der Waals surface area contributed by atoms with Crippen molar-refractivity contribution in [1.82, 2.24) is 14.3 Å². The van der Waals surface area contributed by atoms with Crippen molar-refractivity contribution < 1.29 is 0 Å². The summed E-state index contributed by atoms with van der Waals surface area (Å²) in [6, 6.07) is 4.58. The first kappa shape index (κ1) is 11.8. The number of hydrogen-bond donors (Lipinski definition) is 1. The van der Waals surface area contributed by atoms with Crippen molar-refractivity contribution in [3.8, 4) is 0 Å². The van der Waals surface area contributed by atoms with Crippen molar-refractivity contribution in [3.05, 3.63) is 35.9 Å². The summed E-state index contributed by atoms with van der Waals surface area (Å²) in [5.74, 6) is 0. The van der Waals surface area contributed by atoms with Crippen molar-refractivity contribution in [2.45, 2.75) is 33.4 Å². The zero-order valence-corrected chi connectivity index (χ0v) is 10.9. The van der Waals surface area contributed by atoms with Crippen LogP contribution in [-0.2, 0) is 13.6 Å². The Hall–Kier alpha value is -1.71. The third kappa shape index (κ3) is 2.52. The topological polar surface area (TPSA) is 34.8 Å². The number of hydrogen-bond acceptors (Lipinski definition) is 2. The second-order valence-electron chi connectivity index (χ2n) is 4.67. The first-order valence-corrected chi connectivity index (χ1v) is 5.97. The van der Waals surface area contributed by atoms with Crippen molar-refractivity contribution in [2.24, 2.45) is 7.05 Å². The molecule has 4 nitrogen and oxygen atoms in total. The maximum Gasteiger partial charge on any atom is 0.0825 e. The molecule has 0 aliphatic rings. The van der Waals surface area contributed by atoms with Crippen LogP contribution in [0.4, 0.5) is 5.69 Å². The molecule has 0 radical (unpaired) electrons. The fourth-order valence-electron chi connectivity index (χ4n) is 1.79. The van der Waals surface area contributed by atoms with E-state index in [1.54, 1.807) is 0 Å². The monoisotopic (exact) mass is 232 g/mol. The second kappa shape index (κ2) is 4.65. The van der Waals surface area contributed by atoms with Gasteiger partial charge in [0.05, 0.1) is 17.9 Å². The van der Waals surface area contributed by atoms with Crippen LogP contribution in [0.25, 0.3) is 0 Å². The van der Waals surface area contributed by atoms with Crippen LogP contribution in [-0.4, -0.2) is 14.3 Å². The van der Waals surface area contributed by atoms with Crippen molar-refractivity contribution >= 4 is 5.69 Å². The third-order valence-corrected chi connectivity index (χ3v) is 2.96. The van der Waals surface area contributed by atoms with E-state index < -0.39 is 0 Å². The molecule has 2 heterocycles. The minimum absolute atomic E-state index is 0.402. The molecule has 92 valence electrons. The highest BCUT2D eigenvalue weighted by atomic mass is 15.3. The summed E-state index contributed by atoms with van der Waals surface area (Å²) in [4.78, 5) is 0. The van der Waals surface area contributed by atoms with Gasteiger partial charge >= 0.3 is 0 Å². The highest BCUT2D eigenvalue weighted by molar-refractivity contribution is 5.45. The van der Waals surface area contributed by atoms with Gasteiger partial charge in [-0.2, -0.15) is 5.10 Å². The minimum atomic E-state index is 0.402. The molecule has 0 bridgehead atoms. The molecule has 2 rings (SSSR count). The Morgan fingerprint density at radius 1 is 1.41 bits per heavy atom. The predicted molar refractivity (Wildman–Crippen MR) is 70.1 cm³/mol. The first-order valence-electron chi connectivity index (χ1n) is 5.97. The minimum Gasteiger partial charge on any atom is -0.377 e. The van der Waals surface area contributed by atoms with Crippen LogP contribution >= 0.6 is 0 Å². The Morgan fingerprint density at radius 2 is 2.18 bits per heavy atom. The molecular weight excluding hydrogens is 212 g/mol. The summed E-state index contributed by atoms with van der Waals surface area (Å²) < 4.78 is 4.11. The van der Waals surface area contributed by atoms with Crippen LogP contribution in [0.5, 0.6) is 0 Å². The number of rotatable bonds is 4.